The highest BCUT2D eigenvalue weighted by atomic mass is 32.2. The van der Waals surface area contributed by atoms with Gasteiger partial charge in [-0.25, -0.2) is 9.38 Å². The van der Waals surface area contributed by atoms with Crippen molar-refractivity contribution in [2.75, 3.05) is 16.9 Å². The van der Waals surface area contributed by atoms with Gasteiger partial charge in [0.25, 0.3) is 0 Å². The number of benzene rings is 2. The number of anilines is 2. The Kier molecular flexibility index (Phi) is 6.44. The number of fused-ring (bicyclic) bond motifs is 5. The van der Waals surface area contributed by atoms with Crippen molar-refractivity contribution in [1.82, 2.24) is 19.6 Å². The zero-order valence-electron chi connectivity index (χ0n) is 20.7. The molecule has 1 aliphatic rings. The van der Waals surface area contributed by atoms with Crippen LogP contribution in [0.3, 0.4) is 0 Å². The number of hydrogen-bond donors (Lipinski definition) is 0. The molecule has 7 nitrogen and oxygen atoms in total. The Morgan fingerprint density at radius 3 is 2.38 bits per heavy atom. The minimum absolute atomic E-state index is 0.0364. The maximum atomic E-state index is 13.6. The summed E-state index contributed by atoms with van der Waals surface area (Å²) in [4.78, 5) is 22.5. The van der Waals surface area contributed by atoms with Crippen molar-refractivity contribution >= 4 is 68.0 Å². The van der Waals surface area contributed by atoms with Crippen molar-refractivity contribution in [2.24, 2.45) is 0 Å². The van der Waals surface area contributed by atoms with Gasteiger partial charge in [-0.05, 0) is 49.9 Å². The molecular weight excluding hydrogens is 523 g/mol. The van der Waals surface area contributed by atoms with Crippen LogP contribution in [0.15, 0.2) is 71.0 Å². The first-order valence-electron chi connectivity index (χ1n) is 11.9. The highest BCUT2D eigenvalue weighted by Crippen LogP contribution is 2.41. The molecule has 0 unspecified atom stereocenters. The van der Waals surface area contributed by atoms with Gasteiger partial charge in [0.1, 0.15) is 4.83 Å². The average Bonchev–Trinajstić information content (AvgIpc) is 3.48. The fourth-order valence-corrected chi connectivity index (χ4v) is 7.14. The number of para-hydroxylation sites is 2. The molecule has 2 aromatic carbocycles. The van der Waals surface area contributed by atoms with E-state index in [1.54, 1.807) is 28.0 Å². The van der Waals surface area contributed by atoms with Gasteiger partial charge in [0.05, 0.1) is 23.3 Å². The Labute approximate surface area is 227 Å². The Bertz CT molecular complexity index is 1560. The summed E-state index contributed by atoms with van der Waals surface area (Å²) < 4.78 is 8.04. The maximum absolute atomic E-state index is 13.6. The molecular formula is C27H25N5O2S3. The van der Waals surface area contributed by atoms with Crippen LogP contribution >= 0.6 is 34.9 Å². The minimum atomic E-state index is -0.238. The van der Waals surface area contributed by atoms with Gasteiger partial charge < -0.3 is 4.74 Å². The molecule has 37 heavy (non-hydrogen) atoms. The second-order valence-corrected chi connectivity index (χ2v) is 12.1. The lowest BCUT2D eigenvalue weighted by molar-refractivity contribution is -0.115. The van der Waals surface area contributed by atoms with Crippen LogP contribution in [0.2, 0.25) is 0 Å². The molecule has 5 aromatic rings. The number of carbonyl (C=O) groups is 1. The minimum Gasteiger partial charge on any atom is -0.370 e. The second kappa shape index (κ2) is 9.75. The third kappa shape index (κ3) is 4.52. The molecule has 1 amide bonds. The zero-order valence-corrected chi connectivity index (χ0v) is 23.1. The number of aromatic nitrogens is 4. The highest BCUT2D eigenvalue weighted by Gasteiger charge is 2.32. The molecule has 0 atom stereocenters. The van der Waals surface area contributed by atoms with Crippen molar-refractivity contribution in [1.29, 1.82) is 0 Å². The maximum Gasteiger partial charge on any atom is 0.242 e. The fourth-order valence-electron chi connectivity index (χ4n) is 4.60. The van der Waals surface area contributed by atoms with Gasteiger partial charge in [0, 0.05) is 22.7 Å². The first kappa shape index (κ1) is 24.4. The highest BCUT2D eigenvalue weighted by molar-refractivity contribution is 8.00. The van der Waals surface area contributed by atoms with Gasteiger partial charge in [0.15, 0.2) is 16.0 Å². The average molecular weight is 548 g/mol. The Hall–Kier alpha value is -2.92. The topological polar surface area (TPSA) is 72.6 Å². The van der Waals surface area contributed by atoms with Crippen LogP contribution in [0, 0.1) is 0 Å². The molecule has 0 fully saturated rings. The van der Waals surface area contributed by atoms with Crippen molar-refractivity contribution < 1.29 is 9.53 Å². The number of rotatable bonds is 6. The van der Waals surface area contributed by atoms with Gasteiger partial charge in [-0.2, -0.15) is 0 Å². The van der Waals surface area contributed by atoms with E-state index in [1.807, 2.05) is 71.3 Å². The molecule has 1 aliphatic heterocycles. The number of carbonyl (C=O) groups excluding carboxylic acids is 1. The van der Waals surface area contributed by atoms with Crippen molar-refractivity contribution in [2.45, 2.75) is 42.8 Å². The van der Waals surface area contributed by atoms with Crippen LogP contribution in [0.5, 0.6) is 0 Å². The van der Waals surface area contributed by atoms with E-state index in [4.69, 9.17) is 9.72 Å². The fraction of sp³-hybridized carbons (Fsp3) is 0.259. The number of thiophene rings is 1. The smallest absolute Gasteiger partial charge is 0.242 e. The van der Waals surface area contributed by atoms with E-state index >= 15 is 0 Å². The summed E-state index contributed by atoms with van der Waals surface area (Å²) in [6.07, 6.45) is 2.80. The summed E-state index contributed by atoms with van der Waals surface area (Å²) in [6, 6.07) is 19.4. The van der Waals surface area contributed by atoms with E-state index in [1.165, 1.54) is 22.2 Å². The van der Waals surface area contributed by atoms with Gasteiger partial charge in [-0.3, -0.25) is 9.69 Å². The number of hydrogen-bond acceptors (Lipinski definition) is 8. The first-order chi connectivity index (χ1) is 17.9. The summed E-state index contributed by atoms with van der Waals surface area (Å²) in [5, 5.41) is 11.6. The lowest BCUT2D eigenvalue weighted by Gasteiger charge is -2.30. The van der Waals surface area contributed by atoms with Crippen molar-refractivity contribution in [3.63, 3.8) is 0 Å². The van der Waals surface area contributed by atoms with E-state index < -0.39 is 0 Å². The molecule has 0 spiro atoms. The predicted octanol–water partition coefficient (Wildman–Crippen LogP) is 6.37. The summed E-state index contributed by atoms with van der Waals surface area (Å²) in [6.45, 7) is 4.81. The third-order valence-electron chi connectivity index (χ3n) is 6.30. The summed E-state index contributed by atoms with van der Waals surface area (Å²) in [5.74, 6) is 0.171. The van der Waals surface area contributed by atoms with Crippen LogP contribution in [-0.2, 0) is 22.6 Å². The number of amides is 1. The molecule has 10 heteroatoms. The van der Waals surface area contributed by atoms with Gasteiger partial charge >= 0.3 is 0 Å². The van der Waals surface area contributed by atoms with Gasteiger partial charge in [0.2, 0.25) is 5.91 Å². The van der Waals surface area contributed by atoms with Crippen LogP contribution in [0.25, 0.3) is 15.9 Å². The van der Waals surface area contributed by atoms with Crippen molar-refractivity contribution in [3.05, 3.63) is 71.1 Å². The molecule has 0 N–H and O–H groups in total. The van der Waals surface area contributed by atoms with E-state index in [-0.39, 0.29) is 17.3 Å². The SMILES string of the molecule is CSc1nc2sc3c(c2c2nnc(SCC(=O)N(c4ccccc4)c4ccccc4)n12)CC(C)(C)OC3. The molecule has 0 aliphatic carbocycles. The van der Waals surface area contributed by atoms with E-state index in [9.17, 15) is 4.79 Å². The summed E-state index contributed by atoms with van der Waals surface area (Å²) >= 11 is 4.61. The van der Waals surface area contributed by atoms with Gasteiger partial charge in [-0.1, -0.05) is 59.9 Å². The number of thioether (sulfide) groups is 2. The van der Waals surface area contributed by atoms with Crippen molar-refractivity contribution in [3.8, 4) is 0 Å². The molecule has 0 saturated carbocycles. The monoisotopic (exact) mass is 547 g/mol. The largest absolute Gasteiger partial charge is 0.370 e. The van der Waals surface area contributed by atoms with Gasteiger partial charge in [-0.15, -0.1) is 21.5 Å². The summed E-state index contributed by atoms with van der Waals surface area (Å²) in [7, 11) is 0. The standard InChI is InChI=1S/C27H25N5O2S3/c1-27(2)14-19-20(15-34-27)37-24-22(19)23-29-30-26(32(23)25(28-24)35-3)36-16-21(33)31(17-10-6-4-7-11-17)18-12-8-5-9-13-18/h4-13H,14-16H2,1-3H3. The van der Waals surface area contributed by atoms with Crippen LogP contribution in [0.1, 0.15) is 24.3 Å². The van der Waals surface area contributed by atoms with E-state index in [0.717, 1.165) is 38.8 Å². The lowest BCUT2D eigenvalue weighted by Crippen LogP contribution is -2.31. The number of ether oxygens (including phenoxy) is 1. The molecule has 188 valence electrons. The molecule has 6 rings (SSSR count). The quantitative estimate of drug-likeness (QED) is 0.181. The Morgan fingerprint density at radius 1 is 1.05 bits per heavy atom. The Balaban J connectivity index is 1.36. The molecule has 0 saturated heterocycles. The van der Waals surface area contributed by atoms with E-state index in [0.29, 0.717) is 11.8 Å². The molecule has 3 aromatic heterocycles. The van der Waals surface area contributed by atoms with Crippen LogP contribution < -0.4 is 4.90 Å². The summed E-state index contributed by atoms with van der Waals surface area (Å²) in [5.41, 5.74) is 3.46. The van der Waals surface area contributed by atoms with Crippen LogP contribution in [0.4, 0.5) is 11.4 Å². The lowest BCUT2D eigenvalue weighted by atomic mass is 9.94. The predicted molar refractivity (Wildman–Crippen MR) is 151 cm³/mol. The molecule has 4 heterocycles. The van der Waals surface area contributed by atoms with Crippen LogP contribution in [-0.4, -0.2) is 43.1 Å². The first-order valence-corrected chi connectivity index (χ1v) is 14.9. The third-order valence-corrected chi connectivity index (χ3v) is 8.95. The normalized spacial score (nSPS) is 14.7. The molecule has 0 radical (unpaired) electrons. The second-order valence-electron chi connectivity index (χ2n) is 9.34. The van der Waals surface area contributed by atoms with E-state index in [2.05, 4.69) is 24.0 Å². The zero-order chi connectivity index (χ0) is 25.6. The Morgan fingerprint density at radius 2 is 1.73 bits per heavy atom. The molecule has 0 bridgehead atoms. The number of nitrogens with zero attached hydrogens (tertiary/aromatic N) is 5.